The molecule has 2 aromatic rings. The number of nitrogens with one attached hydrogen (secondary N) is 3. The monoisotopic (exact) mass is 530 g/mol. The second-order valence-corrected chi connectivity index (χ2v) is 9.74. The van der Waals surface area contributed by atoms with Gasteiger partial charge in [0.25, 0.3) is 5.91 Å². The first kappa shape index (κ1) is 29.1. The molecule has 0 saturated heterocycles. The molecule has 1 fully saturated rings. The summed E-state index contributed by atoms with van der Waals surface area (Å²) in [7, 11) is 0. The predicted octanol–water partition coefficient (Wildman–Crippen LogP) is 4.30. The Morgan fingerprint density at radius 1 is 1.05 bits per heavy atom. The molecule has 204 valence electrons. The highest BCUT2D eigenvalue weighted by Crippen LogP contribution is 2.37. The maximum atomic E-state index is 13.5. The summed E-state index contributed by atoms with van der Waals surface area (Å²) < 4.78 is 40.3. The average molecular weight is 531 g/mol. The summed E-state index contributed by atoms with van der Waals surface area (Å²) in [5, 5.41) is 29.3. The second-order valence-electron chi connectivity index (χ2n) is 9.74. The van der Waals surface area contributed by atoms with E-state index in [-0.39, 0.29) is 23.9 Å². The van der Waals surface area contributed by atoms with E-state index >= 15 is 0 Å². The number of aliphatic hydroxyl groups is 1. The van der Waals surface area contributed by atoms with Crippen LogP contribution < -0.4 is 16.0 Å². The molecular weight excluding hydrogens is 497 g/mol. The summed E-state index contributed by atoms with van der Waals surface area (Å²) in [5.41, 5.74) is -1.99. The molecule has 2 amide bonds. The van der Waals surface area contributed by atoms with Crippen molar-refractivity contribution in [3.8, 4) is 6.07 Å². The van der Waals surface area contributed by atoms with Gasteiger partial charge >= 0.3 is 6.18 Å². The van der Waals surface area contributed by atoms with E-state index in [1.807, 2.05) is 24.3 Å². The van der Waals surface area contributed by atoms with Crippen molar-refractivity contribution in [2.24, 2.45) is 5.92 Å². The van der Waals surface area contributed by atoms with Gasteiger partial charge in [0.05, 0.1) is 17.2 Å². The van der Waals surface area contributed by atoms with Crippen molar-refractivity contribution in [3.05, 3.63) is 64.7 Å². The van der Waals surface area contributed by atoms with Gasteiger partial charge in [0.15, 0.2) is 0 Å². The van der Waals surface area contributed by atoms with Crippen LogP contribution in [0.25, 0.3) is 0 Å². The van der Waals surface area contributed by atoms with Gasteiger partial charge in [-0.05, 0) is 48.1 Å². The molecule has 0 aliphatic heterocycles. The molecule has 1 aliphatic carbocycles. The van der Waals surface area contributed by atoms with Crippen LogP contribution >= 0.6 is 0 Å². The zero-order valence-corrected chi connectivity index (χ0v) is 21.3. The first-order valence-electron chi connectivity index (χ1n) is 12.7. The smallest absolute Gasteiger partial charge is 0.379 e. The highest BCUT2D eigenvalue weighted by molar-refractivity contribution is 5.97. The topological polar surface area (TPSA) is 114 Å². The SMILES string of the molecule is CC(=O)NCCNCc1cccc(CC(O)(C(=O)Nc2ccc(C#N)c(C(F)(F)F)c2)C2CCCCC2)c1. The van der Waals surface area contributed by atoms with E-state index in [0.717, 1.165) is 42.5 Å². The third-order valence-corrected chi connectivity index (χ3v) is 6.85. The van der Waals surface area contributed by atoms with Crippen LogP contribution in [0.5, 0.6) is 0 Å². The van der Waals surface area contributed by atoms with Crippen molar-refractivity contribution >= 4 is 17.5 Å². The van der Waals surface area contributed by atoms with Gasteiger partial charge in [-0.15, -0.1) is 0 Å². The molecule has 2 aromatic carbocycles. The van der Waals surface area contributed by atoms with Gasteiger partial charge in [-0.3, -0.25) is 9.59 Å². The van der Waals surface area contributed by atoms with Gasteiger partial charge in [-0.25, -0.2) is 0 Å². The molecule has 1 aliphatic rings. The summed E-state index contributed by atoms with van der Waals surface area (Å²) in [6.45, 7) is 3.03. The molecule has 1 unspecified atom stereocenters. The number of benzene rings is 2. The Morgan fingerprint density at radius 2 is 1.76 bits per heavy atom. The minimum absolute atomic E-state index is 0.00559. The van der Waals surface area contributed by atoms with Crippen molar-refractivity contribution in [1.82, 2.24) is 10.6 Å². The Kier molecular flexibility index (Phi) is 9.89. The summed E-state index contributed by atoms with van der Waals surface area (Å²) in [6.07, 6.45) is -0.779. The summed E-state index contributed by atoms with van der Waals surface area (Å²) in [4.78, 5) is 24.5. The molecule has 0 radical (unpaired) electrons. The number of amides is 2. The number of nitrogens with zero attached hydrogens (tertiary/aromatic N) is 1. The van der Waals surface area contributed by atoms with Crippen molar-refractivity contribution in [3.63, 3.8) is 0 Å². The fraction of sp³-hybridized carbons (Fsp3) is 0.464. The standard InChI is InChI=1S/C28H33F3N4O3/c1-19(36)34-13-12-33-18-21-7-5-6-20(14-21)16-27(38,23-8-3-2-4-9-23)26(37)35-24-11-10-22(17-32)25(15-24)28(29,30)31/h5-7,10-11,14-15,23,33,38H,2-4,8-9,12-13,16,18H2,1H3,(H,34,36)(H,35,37). The first-order chi connectivity index (χ1) is 18.0. The van der Waals surface area contributed by atoms with Crippen LogP contribution in [0.3, 0.4) is 0 Å². The molecule has 7 nitrogen and oxygen atoms in total. The van der Waals surface area contributed by atoms with E-state index < -0.39 is 28.8 Å². The van der Waals surface area contributed by atoms with E-state index in [9.17, 15) is 27.9 Å². The highest BCUT2D eigenvalue weighted by atomic mass is 19.4. The van der Waals surface area contributed by atoms with E-state index in [0.29, 0.717) is 32.5 Å². The Labute approximate surface area is 220 Å². The first-order valence-corrected chi connectivity index (χ1v) is 12.7. The lowest BCUT2D eigenvalue weighted by molar-refractivity contribution is -0.142. The van der Waals surface area contributed by atoms with Crippen LogP contribution in [0.1, 0.15) is 61.3 Å². The number of alkyl halides is 3. The molecule has 1 saturated carbocycles. The number of carbonyl (C=O) groups is 2. The molecule has 3 rings (SSSR count). The van der Waals surface area contributed by atoms with Crippen molar-refractivity contribution in [2.75, 3.05) is 18.4 Å². The molecule has 0 spiro atoms. The van der Waals surface area contributed by atoms with Crippen LogP contribution in [-0.4, -0.2) is 35.6 Å². The number of nitriles is 1. The van der Waals surface area contributed by atoms with E-state index in [1.54, 1.807) is 0 Å². The normalized spacial score (nSPS) is 15.8. The maximum Gasteiger partial charge on any atom is 0.417 e. The fourth-order valence-corrected chi connectivity index (χ4v) is 4.90. The van der Waals surface area contributed by atoms with Crippen LogP contribution in [-0.2, 0) is 28.7 Å². The Balaban J connectivity index is 1.80. The van der Waals surface area contributed by atoms with Crippen LogP contribution in [0.2, 0.25) is 0 Å². The molecule has 1 atom stereocenters. The van der Waals surface area contributed by atoms with Gasteiger partial charge in [0.1, 0.15) is 5.60 Å². The maximum absolute atomic E-state index is 13.5. The van der Waals surface area contributed by atoms with Gasteiger partial charge in [0.2, 0.25) is 5.91 Å². The lowest BCUT2D eigenvalue weighted by Crippen LogP contribution is -2.51. The van der Waals surface area contributed by atoms with Gasteiger partial charge < -0.3 is 21.1 Å². The van der Waals surface area contributed by atoms with Crippen LogP contribution in [0.15, 0.2) is 42.5 Å². The minimum atomic E-state index is -4.76. The second kappa shape index (κ2) is 12.9. The summed E-state index contributed by atoms with van der Waals surface area (Å²) in [5.74, 6) is -1.22. The van der Waals surface area contributed by atoms with Gasteiger partial charge in [-0.1, -0.05) is 43.5 Å². The molecular formula is C28H33F3N4O3. The largest absolute Gasteiger partial charge is 0.417 e. The van der Waals surface area contributed by atoms with Crippen molar-refractivity contribution in [1.29, 1.82) is 5.26 Å². The van der Waals surface area contributed by atoms with E-state index in [2.05, 4.69) is 16.0 Å². The Bertz CT molecular complexity index is 1170. The van der Waals surface area contributed by atoms with Gasteiger partial charge in [-0.2, -0.15) is 18.4 Å². The van der Waals surface area contributed by atoms with Gasteiger partial charge in [0, 0.05) is 38.7 Å². The third kappa shape index (κ3) is 7.79. The number of hydrogen-bond acceptors (Lipinski definition) is 5. The predicted molar refractivity (Wildman–Crippen MR) is 137 cm³/mol. The molecule has 0 bridgehead atoms. The van der Waals surface area contributed by atoms with Crippen molar-refractivity contribution < 1.29 is 27.9 Å². The molecule has 4 N–H and O–H groups in total. The number of hydrogen-bond donors (Lipinski definition) is 4. The average Bonchev–Trinajstić information content (AvgIpc) is 2.88. The Hall–Kier alpha value is -3.42. The summed E-state index contributed by atoms with van der Waals surface area (Å²) >= 11 is 0. The number of carbonyl (C=O) groups excluding carboxylic acids is 2. The van der Waals surface area contributed by atoms with E-state index in [4.69, 9.17) is 5.26 Å². The molecule has 0 aromatic heterocycles. The van der Waals surface area contributed by atoms with E-state index in [1.165, 1.54) is 19.1 Å². The summed E-state index contributed by atoms with van der Waals surface area (Å²) in [6, 6.07) is 11.9. The van der Waals surface area contributed by atoms with Crippen LogP contribution in [0.4, 0.5) is 18.9 Å². The van der Waals surface area contributed by atoms with Crippen LogP contribution in [0, 0.1) is 17.2 Å². The fourth-order valence-electron chi connectivity index (χ4n) is 4.90. The molecule has 10 heteroatoms. The number of halogens is 3. The Morgan fingerprint density at radius 3 is 2.42 bits per heavy atom. The quantitative estimate of drug-likeness (QED) is 0.342. The zero-order valence-electron chi connectivity index (χ0n) is 21.3. The molecule has 0 heterocycles. The van der Waals surface area contributed by atoms with Crippen molar-refractivity contribution in [2.45, 2.75) is 63.8 Å². The number of rotatable bonds is 10. The minimum Gasteiger partial charge on any atom is -0.379 e. The lowest BCUT2D eigenvalue weighted by Gasteiger charge is -2.37. The highest BCUT2D eigenvalue weighted by Gasteiger charge is 2.44. The zero-order chi connectivity index (χ0) is 27.8. The lowest BCUT2D eigenvalue weighted by atomic mass is 9.73. The molecule has 38 heavy (non-hydrogen) atoms. The number of anilines is 1. The third-order valence-electron chi connectivity index (χ3n) is 6.85.